The Bertz CT molecular complexity index is 854. The average Bonchev–Trinajstić information content (AvgIpc) is 3.24. The number of rotatable bonds is 5. The minimum atomic E-state index is -3.55. The summed E-state index contributed by atoms with van der Waals surface area (Å²) >= 11 is 6.89. The summed E-state index contributed by atoms with van der Waals surface area (Å²) in [7, 11) is -3.55. The lowest BCUT2D eigenvalue weighted by atomic mass is 10.1. The van der Waals surface area contributed by atoms with Crippen LogP contribution < -0.4 is 0 Å². The summed E-state index contributed by atoms with van der Waals surface area (Å²) in [5.41, 5.74) is 1.40. The molecule has 1 N–H and O–H groups in total. The van der Waals surface area contributed by atoms with Crippen molar-refractivity contribution in [3.63, 3.8) is 0 Å². The van der Waals surface area contributed by atoms with E-state index in [0.717, 1.165) is 29.9 Å². The number of thiophene rings is 1. The molecule has 7 nitrogen and oxygen atoms in total. The van der Waals surface area contributed by atoms with Crippen LogP contribution in [0.3, 0.4) is 0 Å². The second-order valence-corrected chi connectivity index (χ2v) is 9.65. The van der Waals surface area contributed by atoms with Crippen LogP contribution in [0.5, 0.6) is 0 Å². The molecule has 0 saturated carbocycles. The summed E-state index contributed by atoms with van der Waals surface area (Å²) in [5.74, 6) is -0.103. The molecule has 2 aromatic heterocycles. The topological polar surface area (TPSA) is 86.4 Å². The van der Waals surface area contributed by atoms with Crippen LogP contribution in [0.15, 0.2) is 22.5 Å². The standard InChI is InChI=1S/C15H19ClN4O3S2/c1-2-3-12-11(10-17-18-12)15(21)19-6-8-20(9-7-19)25(22,23)14-5-4-13(16)24-14/h4-5,10H,2-3,6-9H2,1H3,(H,17,18). The van der Waals surface area contributed by atoms with Crippen molar-refractivity contribution in [2.24, 2.45) is 0 Å². The molecule has 3 rings (SSSR count). The number of aryl methyl sites for hydroxylation is 1. The van der Waals surface area contributed by atoms with Crippen molar-refractivity contribution in [3.05, 3.63) is 33.9 Å². The minimum absolute atomic E-state index is 0.103. The lowest BCUT2D eigenvalue weighted by Crippen LogP contribution is -2.50. The molecule has 2 aromatic rings. The Balaban J connectivity index is 1.67. The number of halogens is 1. The fourth-order valence-electron chi connectivity index (χ4n) is 2.80. The van der Waals surface area contributed by atoms with Crippen molar-refractivity contribution < 1.29 is 13.2 Å². The van der Waals surface area contributed by atoms with Crippen molar-refractivity contribution >= 4 is 38.9 Å². The van der Waals surface area contributed by atoms with Crippen molar-refractivity contribution in [2.75, 3.05) is 26.2 Å². The molecule has 0 atom stereocenters. The van der Waals surface area contributed by atoms with Crippen LogP contribution in [0, 0.1) is 0 Å². The zero-order valence-corrected chi connectivity index (χ0v) is 16.1. The van der Waals surface area contributed by atoms with Gasteiger partial charge in [0.05, 0.1) is 16.1 Å². The van der Waals surface area contributed by atoms with E-state index in [4.69, 9.17) is 11.6 Å². The summed E-state index contributed by atoms with van der Waals surface area (Å²) < 4.78 is 27.3. The number of H-pyrrole nitrogens is 1. The van der Waals surface area contributed by atoms with Gasteiger partial charge in [0, 0.05) is 31.9 Å². The van der Waals surface area contributed by atoms with Gasteiger partial charge >= 0.3 is 0 Å². The van der Waals surface area contributed by atoms with Gasteiger partial charge in [-0.3, -0.25) is 9.89 Å². The van der Waals surface area contributed by atoms with Gasteiger partial charge < -0.3 is 4.90 Å². The second-order valence-electron chi connectivity index (χ2n) is 5.77. The Morgan fingerprint density at radius 1 is 1.32 bits per heavy atom. The summed E-state index contributed by atoms with van der Waals surface area (Å²) in [6, 6.07) is 3.09. The largest absolute Gasteiger partial charge is 0.336 e. The van der Waals surface area contributed by atoms with Crippen LogP contribution in [-0.4, -0.2) is 59.9 Å². The number of nitrogens with one attached hydrogen (secondary N) is 1. The quantitative estimate of drug-likeness (QED) is 0.830. The fraction of sp³-hybridized carbons (Fsp3) is 0.467. The van der Waals surface area contributed by atoms with Gasteiger partial charge in [0.25, 0.3) is 15.9 Å². The maximum absolute atomic E-state index is 12.7. The molecule has 0 aromatic carbocycles. The maximum atomic E-state index is 12.7. The van der Waals surface area contributed by atoms with Gasteiger partial charge in [0.15, 0.2) is 0 Å². The highest BCUT2D eigenvalue weighted by atomic mass is 35.5. The van der Waals surface area contributed by atoms with Crippen LogP contribution in [-0.2, 0) is 16.4 Å². The molecule has 10 heteroatoms. The predicted molar refractivity (Wildman–Crippen MR) is 96.6 cm³/mol. The normalized spacial score (nSPS) is 16.3. The van der Waals surface area contributed by atoms with E-state index in [1.165, 1.54) is 10.4 Å². The number of hydrogen-bond acceptors (Lipinski definition) is 5. The molecule has 136 valence electrons. The van der Waals surface area contributed by atoms with Crippen LogP contribution in [0.4, 0.5) is 0 Å². The van der Waals surface area contributed by atoms with Gasteiger partial charge in [-0.15, -0.1) is 11.3 Å². The summed E-state index contributed by atoms with van der Waals surface area (Å²) in [6.45, 7) is 3.28. The number of aromatic amines is 1. The third kappa shape index (κ3) is 3.74. The smallest absolute Gasteiger partial charge is 0.257 e. The molecule has 0 aliphatic carbocycles. The molecule has 25 heavy (non-hydrogen) atoms. The molecular formula is C15H19ClN4O3S2. The number of piperazine rings is 1. The number of nitrogens with zero attached hydrogens (tertiary/aromatic N) is 3. The number of carbonyl (C=O) groups excluding carboxylic acids is 1. The molecule has 0 radical (unpaired) electrons. The maximum Gasteiger partial charge on any atom is 0.257 e. The van der Waals surface area contributed by atoms with E-state index in [9.17, 15) is 13.2 Å². The van der Waals surface area contributed by atoms with Gasteiger partial charge in [0.1, 0.15) is 4.21 Å². The Morgan fingerprint density at radius 2 is 2.04 bits per heavy atom. The lowest BCUT2D eigenvalue weighted by Gasteiger charge is -2.33. The highest BCUT2D eigenvalue weighted by molar-refractivity contribution is 7.91. The molecule has 1 aliphatic heterocycles. The highest BCUT2D eigenvalue weighted by Gasteiger charge is 2.32. The van der Waals surface area contributed by atoms with Crippen molar-refractivity contribution in [1.29, 1.82) is 0 Å². The predicted octanol–water partition coefficient (Wildman–Crippen LogP) is 2.22. The second kappa shape index (κ2) is 7.45. The van der Waals surface area contributed by atoms with E-state index in [0.29, 0.717) is 23.0 Å². The molecule has 3 heterocycles. The first-order valence-corrected chi connectivity index (χ1v) is 10.6. The van der Waals surface area contributed by atoms with E-state index in [-0.39, 0.29) is 23.2 Å². The minimum Gasteiger partial charge on any atom is -0.336 e. The molecule has 1 aliphatic rings. The third-order valence-corrected chi connectivity index (χ3v) is 7.71. The first-order chi connectivity index (χ1) is 11.9. The number of carbonyl (C=O) groups is 1. The van der Waals surface area contributed by atoms with Gasteiger partial charge in [-0.1, -0.05) is 24.9 Å². The monoisotopic (exact) mass is 402 g/mol. The van der Waals surface area contributed by atoms with Crippen LogP contribution in [0.2, 0.25) is 4.34 Å². The Hall–Kier alpha value is -1.42. The third-order valence-electron chi connectivity index (χ3n) is 4.12. The molecule has 0 unspecified atom stereocenters. The Morgan fingerprint density at radius 3 is 2.64 bits per heavy atom. The first-order valence-electron chi connectivity index (χ1n) is 8.00. The van der Waals surface area contributed by atoms with E-state index in [1.54, 1.807) is 17.2 Å². The van der Waals surface area contributed by atoms with Gasteiger partial charge in [-0.05, 0) is 18.6 Å². The van der Waals surface area contributed by atoms with Gasteiger partial charge in [0.2, 0.25) is 0 Å². The molecule has 1 amide bonds. The number of sulfonamides is 1. The summed E-state index contributed by atoms with van der Waals surface area (Å²) in [6.07, 6.45) is 3.22. The summed E-state index contributed by atoms with van der Waals surface area (Å²) in [5, 5.41) is 6.83. The lowest BCUT2D eigenvalue weighted by molar-refractivity contribution is 0.0697. The van der Waals surface area contributed by atoms with Crippen molar-refractivity contribution in [2.45, 2.75) is 24.0 Å². The van der Waals surface area contributed by atoms with Crippen LogP contribution >= 0.6 is 22.9 Å². The molecule has 1 fully saturated rings. The van der Waals surface area contributed by atoms with E-state index < -0.39 is 10.0 Å². The van der Waals surface area contributed by atoms with Crippen LogP contribution in [0.25, 0.3) is 0 Å². The zero-order valence-electron chi connectivity index (χ0n) is 13.7. The first kappa shape index (κ1) is 18.4. The Labute approximate surface area is 155 Å². The van der Waals surface area contributed by atoms with Crippen LogP contribution in [0.1, 0.15) is 29.4 Å². The SMILES string of the molecule is CCCc1[nH]ncc1C(=O)N1CCN(S(=O)(=O)c2ccc(Cl)s2)CC1. The van der Waals surface area contributed by atoms with E-state index >= 15 is 0 Å². The average molecular weight is 403 g/mol. The van der Waals surface area contributed by atoms with E-state index in [2.05, 4.69) is 10.2 Å². The molecule has 0 spiro atoms. The summed E-state index contributed by atoms with van der Waals surface area (Å²) in [4.78, 5) is 14.3. The molecule has 0 bridgehead atoms. The Kier molecular flexibility index (Phi) is 5.47. The fourth-order valence-corrected chi connectivity index (χ4v) is 5.86. The van der Waals surface area contributed by atoms with E-state index in [1.807, 2.05) is 6.92 Å². The van der Waals surface area contributed by atoms with Gasteiger partial charge in [-0.25, -0.2) is 8.42 Å². The number of hydrogen-bond donors (Lipinski definition) is 1. The molecular weight excluding hydrogens is 384 g/mol. The van der Waals surface area contributed by atoms with Crippen molar-refractivity contribution in [3.8, 4) is 0 Å². The van der Waals surface area contributed by atoms with Crippen molar-refractivity contribution in [1.82, 2.24) is 19.4 Å². The number of amides is 1. The zero-order chi connectivity index (χ0) is 18.0. The van der Waals surface area contributed by atoms with Gasteiger partial charge in [-0.2, -0.15) is 9.40 Å². The highest BCUT2D eigenvalue weighted by Crippen LogP contribution is 2.28. The molecule has 1 saturated heterocycles. The number of aromatic nitrogens is 2.